The number of carbonyl (C=O) groups excluding carboxylic acids is 1. The van der Waals surface area contributed by atoms with Crippen LogP contribution < -0.4 is 15.0 Å². The molecule has 0 spiro atoms. The fourth-order valence-electron chi connectivity index (χ4n) is 2.47. The number of hydrogen-bond acceptors (Lipinski definition) is 2. The Balaban J connectivity index is 1.78. The molecule has 1 aliphatic heterocycles. The van der Waals surface area contributed by atoms with Crippen molar-refractivity contribution in [2.45, 2.75) is 6.42 Å². The standard InChI is InChI=1S/C16H15BrN2O2/c1-21-14-4-2-3-13(10-14)18-16(20)19-8-7-11-9-12(17)5-6-15(11)19/h2-6,9-10H,7-8H2,1H3,(H,18,20). The fraction of sp³-hybridized carbons (Fsp3) is 0.188. The van der Waals surface area contributed by atoms with Gasteiger partial charge in [-0.1, -0.05) is 22.0 Å². The van der Waals surface area contributed by atoms with Crippen LogP contribution in [0, 0.1) is 0 Å². The van der Waals surface area contributed by atoms with Gasteiger partial charge in [-0.25, -0.2) is 4.79 Å². The number of carbonyl (C=O) groups is 1. The van der Waals surface area contributed by atoms with Gasteiger partial charge < -0.3 is 10.1 Å². The summed E-state index contributed by atoms with van der Waals surface area (Å²) in [4.78, 5) is 14.2. The molecule has 0 saturated heterocycles. The maximum atomic E-state index is 12.4. The summed E-state index contributed by atoms with van der Waals surface area (Å²) in [5, 5.41) is 2.91. The van der Waals surface area contributed by atoms with E-state index in [1.165, 1.54) is 5.56 Å². The monoisotopic (exact) mass is 346 g/mol. The van der Waals surface area contributed by atoms with Crippen LogP contribution in [-0.2, 0) is 6.42 Å². The van der Waals surface area contributed by atoms with Crippen molar-refractivity contribution < 1.29 is 9.53 Å². The lowest BCUT2D eigenvalue weighted by molar-refractivity contribution is 0.257. The van der Waals surface area contributed by atoms with Crippen LogP contribution in [0.1, 0.15) is 5.56 Å². The molecule has 4 nitrogen and oxygen atoms in total. The highest BCUT2D eigenvalue weighted by molar-refractivity contribution is 9.10. The summed E-state index contributed by atoms with van der Waals surface area (Å²) in [6.45, 7) is 0.696. The summed E-state index contributed by atoms with van der Waals surface area (Å²) in [5.74, 6) is 0.721. The second kappa shape index (κ2) is 5.77. The molecule has 5 heteroatoms. The summed E-state index contributed by atoms with van der Waals surface area (Å²) in [6.07, 6.45) is 0.875. The van der Waals surface area contributed by atoms with Crippen LogP contribution in [0.3, 0.4) is 0 Å². The Morgan fingerprint density at radius 3 is 2.95 bits per heavy atom. The molecule has 0 saturated carbocycles. The van der Waals surface area contributed by atoms with Crippen molar-refractivity contribution in [1.29, 1.82) is 0 Å². The molecule has 0 aromatic heterocycles. The normalized spacial score (nSPS) is 13.0. The average Bonchev–Trinajstić information content (AvgIpc) is 2.90. The number of ether oxygens (including phenoxy) is 1. The van der Waals surface area contributed by atoms with E-state index in [4.69, 9.17) is 4.74 Å². The lowest BCUT2D eigenvalue weighted by Gasteiger charge is -2.18. The van der Waals surface area contributed by atoms with E-state index in [9.17, 15) is 4.79 Å². The molecule has 0 bridgehead atoms. The Kier molecular flexibility index (Phi) is 3.84. The summed E-state index contributed by atoms with van der Waals surface area (Å²) < 4.78 is 6.20. The van der Waals surface area contributed by atoms with Gasteiger partial charge in [0.2, 0.25) is 0 Å². The van der Waals surface area contributed by atoms with E-state index in [0.29, 0.717) is 6.54 Å². The van der Waals surface area contributed by atoms with Crippen molar-refractivity contribution in [3.05, 3.63) is 52.5 Å². The van der Waals surface area contributed by atoms with Gasteiger partial charge in [0.15, 0.2) is 0 Å². The number of fused-ring (bicyclic) bond motifs is 1. The zero-order valence-electron chi connectivity index (χ0n) is 11.6. The Hall–Kier alpha value is -2.01. The predicted molar refractivity (Wildman–Crippen MR) is 87.2 cm³/mol. The van der Waals surface area contributed by atoms with Crippen LogP contribution >= 0.6 is 15.9 Å². The van der Waals surface area contributed by atoms with Crippen LogP contribution in [0.25, 0.3) is 0 Å². The Bertz CT molecular complexity index is 688. The highest BCUT2D eigenvalue weighted by atomic mass is 79.9. The molecule has 0 fully saturated rings. The molecule has 21 heavy (non-hydrogen) atoms. The smallest absolute Gasteiger partial charge is 0.326 e. The van der Waals surface area contributed by atoms with E-state index in [2.05, 4.69) is 27.3 Å². The lowest BCUT2D eigenvalue weighted by atomic mass is 10.2. The van der Waals surface area contributed by atoms with Gasteiger partial charge in [0.05, 0.1) is 7.11 Å². The minimum absolute atomic E-state index is 0.121. The minimum Gasteiger partial charge on any atom is -0.497 e. The number of amides is 2. The predicted octanol–water partition coefficient (Wildman–Crippen LogP) is 4.05. The molecule has 2 amide bonds. The summed E-state index contributed by atoms with van der Waals surface area (Å²) in [5.41, 5.74) is 2.88. The van der Waals surface area contributed by atoms with Gasteiger partial charge in [-0.2, -0.15) is 0 Å². The van der Waals surface area contributed by atoms with E-state index in [0.717, 1.165) is 28.0 Å². The van der Waals surface area contributed by atoms with Gasteiger partial charge in [-0.3, -0.25) is 4.90 Å². The first kappa shape index (κ1) is 13.9. The Labute approximate surface area is 131 Å². The molecule has 0 atom stereocenters. The molecule has 0 unspecified atom stereocenters. The van der Waals surface area contributed by atoms with Crippen LogP contribution in [-0.4, -0.2) is 19.7 Å². The quantitative estimate of drug-likeness (QED) is 0.890. The number of methoxy groups -OCH3 is 1. The molecule has 3 rings (SSSR count). The Morgan fingerprint density at radius 2 is 2.14 bits per heavy atom. The van der Waals surface area contributed by atoms with Crippen molar-refractivity contribution in [3.8, 4) is 5.75 Å². The molecule has 2 aromatic carbocycles. The highest BCUT2D eigenvalue weighted by Crippen LogP contribution is 2.31. The molecular formula is C16H15BrN2O2. The third-order valence-corrected chi connectivity index (χ3v) is 4.00. The number of nitrogens with zero attached hydrogens (tertiary/aromatic N) is 1. The number of rotatable bonds is 2. The van der Waals surface area contributed by atoms with Gasteiger partial charge in [0, 0.05) is 28.5 Å². The van der Waals surface area contributed by atoms with Crippen molar-refractivity contribution in [2.75, 3.05) is 23.9 Å². The van der Waals surface area contributed by atoms with Crippen molar-refractivity contribution in [1.82, 2.24) is 0 Å². The molecule has 108 valence electrons. The molecule has 0 radical (unpaired) electrons. The first-order chi connectivity index (χ1) is 10.2. The van der Waals surface area contributed by atoms with E-state index in [1.54, 1.807) is 18.1 Å². The number of benzene rings is 2. The number of halogens is 1. The van der Waals surface area contributed by atoms with E-state index in [1.807, 2.05) is 30.3 Å². The second-order valence-electron chi connectivity index (χ2n) is 4.84. The van der Waals surface area contributed by atoms with Crippen LogP contribution in [0.5, 0.6) is 5.75 Å². The SMILES string of the molecule is COc1cccc(NC(=O)N2CCc3cc(Br)ccc32)c1. The molecule has 1 N–H and O–H groups in total. The fourth-order valence-corrected chi connectivity index (χ4v) is 2.88. The molecular weight excluding hydrogens is 332 g/mol. The van der Waals surface area contributed by atoms with Crippen molar-refractivity contribution >= 4 is 33.3 Å². The number of urea groups is 1. The van der Waals surface area contributed by atoms with Crippen LogP contribution in [0.2, 0.25) is 0 Å². The van der Waals surface area contributed by atoms with Gasteiger partial charge in [0.1, 0.15) is 5.75 Å². The van der Waals surface area contributed by atoms with Gasteiger partial charge in [0.25, 0.3) is 0 Å². The van der Waals surface area contributed by atoms with Crippen molar-refractivity contribution in [3.63, 3.8) is 0 Å². The largest absolute Gasteiger partial charge is 0.497 e. The van der Waals surface area contributed by atoms with E-state index < -0.39 is 0 Å². The lowest BCUT2D eigenvalue weighted by Crippen LogP contribution is -2.33. The third kappa shape index (κ3) is 2.88. The zero-order valence-corrected chi connectivity index (χ0v) is 13.2. The van der Waals surface area contributed by atoms with E-state index in [-0.39, 0.29) is 6.03 Å². The Morgan fingerprint density at radius 1 is 1.29 bits per heavy atom. The van der Waals surface area contributed by atoms with Crippen molar-refractivity contribution in [2.24, 2.45) is 0 Å². The maximum absolute atomic E-state index is 12.4. The first-order valence-corrected chi connectivity index (χ1v) is 7.47. The number of hydrogen-bond donors (Lipinski definition) is 1. The van der Waals surface area contributed by atoms with Crippen LogP contribution in [0.4, 0.5) is 16.2 Å². The summed E-state index contributed by atoms with van der Waals surface area (Å²) in [6, 6.07) is 13.2. The molecule has 1 heterocycles. The number of anilines is 2. The second-order valence-corrected chi connectivity index (χ2v) is 5.75. The minimum atomic E-state index is -0.121. The highest BCUT2D eigenvalue weighted by Gasteiger charge is 2.24. The third-order valence-electron chi connectivity index (χ3n) is 3.50. The zero-order chi connectivity index (χ0) is 14.8. The molecule has 2 aromatic rings. The molecule has 0 aliphatic carbocycles. The number of nitrogens with one attached hydrogen (secondary N) is 1. The topological polar surface area (TPSA) is 41.6 Å². The summed E-state index contributed by atoms with van der Waals surface area (Å²) in [7, 11) is 1.61. The average molecular weight is 347 g/mol. The van der Waals surface area contributed by atoms with E-state index >= 15 is 0 Å². The van der Waals surface area contributed by atoms with Gasteiger partial charge in [-0.15, -0.1) is 0 Å². The van der Waals surface area contributed by atoms with Crippen LogP contribution in [0.15, 0.2) is 46.9 Å². The molecule has 1 aliphatic rings. The van der Waals surface area contributed by atoms with Gasteiger partial charge in [-0.05, 0) is 42.3 Å². The first-order valence-electron chi connectivity index (χ1n) is 6.68. The maximum Gasteiger partial charge on any atom is 0.326 e. The summed E-state index contributed by atoms with van der Waals surface area (Å²) >= 11 is 3.46. The van der Waals surface area contributed by atoms with Gasteiger partial charge >= 0.3 is 6.03 Å².